The molecule has 0 saturated heterocycles. The maximum absolute atomic E-state index is 13.3. The topological polar surface area (TPSA) is 64.3 Å². The monoisotopic (exact) mass is 226 g/mol. The van der Waals surface area contributed by atoms with Crippen molar-refractivity contribution in [2.24, 2.45) is 5.73 Å². The number of rotatable bonds is 5. The first-order valence-electron chi connectivity index (χ1n) is 5.01. The van der Waals surface area contributed by atoms with Crippen LogP contribution in [0.3, 0.4) is 0 Å². The molecule has 0 radical (unpaired) electrons. The van der Waals surface area contributed by atoms with Crippen molar-refractivity contribution in [2.75, 3.05) is 13.2 Å². The van der Waals surface area contributed by atoms with E-state index in [1.165, 1.54) is 6.07 Å². The third-order valence-electron chi connectivity index (χ3n) is 2.17. The van der Waals surface area contributed by atoms with Crippen LogP contribution < -0.4 is 11.1 Å². The zero-order chi connectivity index (χ0) is 12.0. The molecule has 0 spiro atoms. The molecule has 5 heteroatoms. The first kappa shape index (κ1) is 12.4. The fraction of sp³-hybridized carbons (Fsp3) is 0.364. The maximum Gasteiger partial charge on any atom is 0.404 e. The van der Waals surface area contributed by atoms with Crippen LogP contribution in [0.25, 0.3) is 0 Å². The van der Waals surface area contributed by atoms with Gasteiger partial charge in [-0.1, -0.05) is 18.2 Å². The molecule has 88 valence electrons. The normalized spacial score (nSPS) is 12.1. The van der Waals surface area contributed by atoms with E-state index in [0.717, 1.165) is 0 Å². The summed E-state index contributed by atoms with van der Waals surface area (Å²) < 4.78 is 17.9. The molecule has 4 nitrogen and oxygen atoms in total. The van der Waals surface area contributed by atoms with Gasteiger partial charge in [-0.2, -0.15) is 0 Å². The van der Waals surface area contributed by atoms with Crippen molar-refractivity contribution in [3.8, 4) is 0 Å². The van der Waals surface area contributed by atoms with E-state index in [2.05, 4.69) is 10.1 Å². The lowest BCUT2D eigenvalue weighted by molar-refractivity contribution is 0.156. The Kier molecular flexibility index (Phi) is 4.72. The van der Waals surface area contributed by atoms with Crippen LogP contribution in [0.15, 0.2) is 24.3 Å². The fourth-order valence-corrected chi connectivity index (χ4v) is 1.36. The van der Waals surface area contributed by atoms with Gasteiger partial charge in [0.1, 0.15) is 12.4 Å². The molecule has 0 fully saturated rings. The van der Waals surface area contributed by atoms with Gasteiger partial charge in [-0.3, -0.25) is 0 Å². The van der Waals surface area contributed by atoms with Crippen molar-refractivity contribution in [1.29, 1.82) is 0 Å². The average Bonchev–Trinajstić information content (AvgIpc) is 2.24. The lowest BCUT2D eigenvalue weighted by Crippen LogP contribution is -2.26. The van der Waals surface area contributed by atoms with Gasteiger partial charge >= 0.3 is 6.09 Å². The molecule has 1 amide bonds. The van der Waals surface area contributed by atoms with E-state index in [-0.39, 0.29) is 18.5 Å². The van der Waals surface area contributed by atoms with Crippen molar-refractivity contribution >= 4 is 6.09 Å². The van der Waals surface area contributed by atoms with E-state index in [0.29, 0.717) is 12.1 Å². The molecular formula is C11H15FN2O2. The lowest BCUT2D eigenvalue weighted by Gasteiger charge is -2.14. The molecule has 0 heterocycles. The number of amides is 1. The minimum absolute atomic E-state index is 0.141. The van der Waals surface area contributed by atoms with Gasteiger partial charge in [0.2, 0.25) is 0 Å². The van der Waals surface area contributed by atoms with Crippen molar-refractivity contribution < 1.29 is 13.9 Å². The van der Waals surface area contributed by atoms with Crippen molar-refractivity contribution in [1.82, 2.24) is 5.32 Å². The Bertz CT molecular complexity index is 358. The molecule has 0 aliphatic heterocycles. The largest absolute Gasteiger partial charge is 0.448 e. The van der Waals surface area contributed by atoms with Crippen LogP contribution in [0.2, 0.25) is 0 Å². The molecule has 3 N–H and O–H groups in total. The van der Waals surface area contributed by atoms with Crippen LogP contribution >= 0.6 is 0 Å². The van der Waals surface area contributed by atoms with E-state index in [1.807, 2.05) is 6.92 Å². The second-order valence-corrected chi connectivity index (χ2v) is 3.36. The van der Waals surface area contributed by atoms with Gasteiger partial charge in [-0.25, -0.2) is 9.18 Å². The standard InChI is InChI=1S/C11H15FN2O2/c1-8(14-6-7-16-11(13)15)9-4-2-3-5-10(9)12/h2-5,8,14H,6-7H2,1H3,(H2,13,15). The number of nitrogens with one attached hydrogen (secondary N) is 1. The number of ether oxygens (including phenoxy) is 1. The number of hydrogen-bond acceptors (Lipinski definition) is 3. The molecule has 1 unspecified atom stereocenters. The van der Waals surface area contributed by atoms with Gasteiger partial charge in [0.25, 0.3) is 0 Å². The van der Waals surface area contributed by atoms with E-state index in [4.69, 9.17) is 5.73 Å². The number of hydrogen-bond donors (Lipinski definition) is 2. The number of benzene rings is 1. The SMILES string of the molecule is CC(NCCOC(N)=O)c1ccccc1F. The molecule has 0 aromatic heterocycles. The second-order valence-electron chi connectivity index (χ2n) is 3.36. The van der Waals surface area contributed by atoms with Crippen LogP contribution in [0.1, 0.15) is 18.5 Å². The molecule has 1 aromatic carbocycles. The van der Waals surface area contributed by atoms with E-state index >= 15 is 0 Å². The molecule has 0 aliphatic rings. The van der Waals surface area contributed by atoms with Gasteiger partial charge in [0, 0.05) is 18.2 Å². The molecule has 16 heavy (non-hydrogen) atoms. The summed E-state index contributed by atoms with van der Waals surface area (Å²) in [7, 11) is 0. The van der Waals surface area contributed by atoms with Crippen LogP contribution in [0, 0.1) is 5.82 Å². The highest BCUT2D eigenvalue weighted by Crippen LogP contribution is 2.15. The summed E-state index contributed by atoms with van der Waals surface area (Å²) in [6, 6.07) is 6.39. The van der Waals surface area contributed by atoms with E-state index < -0.39 is 6.09 Å². The van der Waals surface area contributed by atoms with Crippen LogP contribution in [-0.2, 0) is 4.74 Å². The van der Waals surface area contributed by atoms with Crippen LogP contribution in [0.4, 0.5) is 9.18 Å². The number of carbonyl (C=O) groups excluding carboxylic acids is 1. The molecule has 0 aliphatic carbocycles. The van der Waals surface area contributed by atoms with Crippen molar-refractivity contribution in [3.63, 3.8) is 0 Å². The van der Waals surface area contributed by atoms with Crippen LogP contribution in [0.5, 0.6) is 0 Å². The third kappa shape index (κ3) is 3.86. The summed E-state index contributed by atoms with van der Waals surface area (Å²) >= 11 is 0. The second kappa shape index (κ2) is 6.07. The van der Waals surface area contributed by atoms with Crippen molar-refractivity contribution in [2.45, 2.75) is 13.0 Å². The van der Waals surface area contributed by atoms with Gasteiger partial charge in [-0.05, 0) is 13.0 Å². The molecule has 0 bridgehead atoms. The highest BCUT2D eigenvalue weighted by Gasteiger charge is 2.08. The van der Waals surface area contributed by atoms with Gasteiger partial charge in [0.05, 0.1) is 0 Å². The molecular weight excluding hydrogens is 211 g/mol. The first-order valence-corrected chi connectivity index (χ1v) is 5.01. The Morgan fingerprint density at radius 2 is 2.25 bits per heavy atom. The Balaban J connectivity index is 2.38. The van der Waals surface area contributed by atoms with E-state index in [9.17, 15) is 9.18 Å². The highest BCUT2D eigenvalue weighted by molar-refractivity contribution is 5.64. The third-order valence-corrected chi connectivity index (χ3v) is 2.17. The minimum Gasteiger partial charge on any atom is -0.448 e. The minimum atomic E-state index is -0.805. The Labute approximate surface area is 93.6 Å². The summed E-state index contributed by atoms with van der Waals surface area (Å²) in [4.78, 5) is 10.3. The number of nitrogens with two attached hydrogens (primary N) is 1. The number of carbonyl (C=O) groups is 1. The average molecular weight is 226 g/mol. The Morgan fingerprint density at radius 1 is 1.56 bits per heavy atom. The molecule has 1 atom stereocenters. The molecule has 1 aromatic rings. The summed E-state index contributed by atoms with van der Waals surface area (Å²) in [6.45, 7) is 2.44. The quantitative estimate of drug-likeness (QED) is 0.749. The Hall–Kier alpha value is -1.62. The predicted octanol–water partition coefficient (Wildman–Crippen LogP) is 1.57. The zero-order valence-electron chi connectivity index (χ0n) is 9.07. The lowest BCUT2D eigenvalue weighted by atomic mass is 10.1. The maximum atomic E-state index is 13.3. The summed E-state index contributed by atoms with van der Waals surface area (Å²) in [5.74, 6) is -0.252. The Morgan fingerprint density at radius 3 is 2.88 bits per heavy atom. The highest BCUT2D eigenvalue weighted by atomic mass is 19.1. The van der Waals surface area contributed by atoms with E-state index in [1.54, 1.807) is 18.2 Å². The van der Waals surface area contributed by atoms with Gasteiger partial charge in [-0.15, -0.1) is 0 Å². The molecule has 1 rings (SSSR count). The summed E-state index contributed by atoms with van der Waals surface area (Å²) in [6.07, 6.45) is -0.805. The number of primary amides is 1. The molecule has 0 saturated carbocycles. The first-order chi connectivity index (χ1) is 7.61. The van der Waals surface area contributed by atoms with Crippen LogP contribution in [-0.4, -0.2) is 19.2 Å². The fourth-order valence-electron chi connectivity index (χ4n) is 1.36. The van der Waals surface area contributed by atoms with Crippen molar-refractivity contribution in [3.05, 3.63) is 35.6 Å². The smallest absolute Gasteiger partial charge is 0.404 e. The van der Waals surface area contributed by atoms with Gasteiger partial charge < -0.3 is 15.8 Å². The zero-order valence-corrected chi connectivity index (χ0v) is 9.07. The summed E-state index contributed by atoms with van der Waals surface area (Å²) in [5.41, 5.74) is 5.38. The number of halogens is 1. The summed E-state index contributed by atoms with van der Waals surface area (Å²) in [5, 5.41) is 3.02. The van der Waals surface area contributed by atoms with Gasteiger partial charge in [0.15, 0.2) is 0 Å². The predicted molar refractivity (Wildman–Crippen MR) is 58.4 cm³/mol.